The number of rotatable bonds is 3. The highest BCUT2D eigenvalue weighted by molar-refractivity contribution is 5.76. The fourth-order valence-corrected chi connectivity index (χ4v) is 2.31. The van der Waals surface area contributed by atoms with Crippen molar-refractivity contribution in [1.29, 1.82) is 0 Å². The van der Waals surface area contributed by atoms with E-state index in [4.69, 9.17) is 0 Å². The molecule has 96 valence electrons. The SMILES string of the molecule is O=Cc1ccc(-c2cnc(N3CCCC3)cn2)cc1. The van der Waals surface area contributed by atoms with E-state index >= 15 is 0 Å². The molecule has 1 fully saturated rings. The molecule has 3 rings (SSSR count). The summed E-state index contributed by atoms with van der Waals surface area (Å²) in [7, 11) is 0. The fourth-order valence-electron chi connectivity index (χ4n) is 2.31. The molecular weight excluding hydrogens is 238 g/mol. The van der Waals surface area contributed by atoms with Gasteiger partial charge in [-0.25, -0.2) is 4.98 Å². The van der Waals surface area contributed by atoms with Crippen molar-refractivity contribution in [3.05, 3.63) is 42.2 Å². The summed E-state index contributed by atoms with van der Waals surface area (Å²) in [6.45, 7) is 2.14. The molecule has 1 aromatic carbocycles. The van der Waals surface area contributed by atoms with E-state index in [1.165, 1.54) is 12.8 Å². The smallest absolute Gasteiger partial charge is 0.150 e. The van der Waals surface area contributed by atoms with Crippen LogP contribution in [0.4, 0.5) is 5.82 Å². The summed E-state index contributed by atoms with van der Waals surface area (Å²) in [5.41, 5.74) is 2.48. The number of benzene rings is 1. The number of anilines is 1. The molecule has 0 spiro atoms. The van der Waals surface area contributed by atoms with Crippen LogP contribution in [0.2, 0.25) is 0 Å². The Morgan fingerprint density at radius 1 is 1.00 bits per heavy atom. The van der Waals surface area contributed by atoms with Crippen LogP contribution in [0.15, 0.2) is 36.7 Å². The molecule has 1 aliphatic rings. The van der Waals surface area contributed by atoms with Crippen LogP contribution in [0.25, 0.3) is 11.3 Å². The van der Waals surface area contributed by atoms with E-state index in [9.17, 15) is 4.79 Å². The molecule has 0 atom stereocenters. The van der Waals surface area contributed by atoms with Gasteiger partial charge in [-0.2, -0.15) is 0 Å². The molecule has 0 bridgehead atoms. The molecule has 0 aliphatic carbocycles. The largest absolute Gasteiger partial charge is 0.355 e. The molecule has 0 amide bonds. The summed E-state index contributed by atoms with van der Waals surface area (Å²) < 4.78 is 0. The Hall–Kier alpha value is -2.23. The van der Waals surface area contributed by atoms with Gasteiger partial charge in [-0.3, -0.25) is 9.78 Å². The number of carbonyl (C=O) groups excluding carboxylic acids is 1. The monoisotopic (exact) mass is 253 g/mol. The Bertz CT molecular complexity index is 557. The minimum Gasteiger partial charge on any atom is -0.355 e. The lowest BCUT2D eigenvalue weighted by atomic mass is 10.1. The third kappa shape index (κ3) is 2.47. The first-order valence-corrected chi connectivity index (χ1v) is 6.49. The van der Waals surface area contributed by atoms with Crippen molar-refractivity contribution in [2.75, 3.05) is 18.0 Å². The second kappa shape index (κ2) is 5.18. The van der Waals surface area contributed by atoms with E-state index in [1.54, 1.807) is 18.3 Å². The van der Waals surface area contributed by atoms with Crippen molar-refractivity contribution >= 4 is 12.1 Å². The molecule has 2 heterocycles. The summed E-state index contributed by atoms with van der Waals surface area (Å²) >= 11 is 0. The topological polar surface area (TPSA) is 46.1 Å². The van der Waals surface area contributed by atoms with Crippen LogP contribution in [0.5, 0.6) is 0 Å². The quantitative estimate of drug-likeness (QED) is 0.789. The van der Waals surface area contributed by atoms with Crippen LogP contribution in [0, 0.1) is 0 Å². The number of aldehydes is 1. The van der Waals surface area contributed by atoms with Crippen LogP contribution < -0.4 is 4.90 Å². The lowest BCUT2D eigenvalue weighted by Gasteiger charge is -2.15. The molecule has 1 saturated heterocycles. The maximum absolute atomic E-state index is 10.6. The van der Waals surface area contributed by atoms with Gasteiger partial charge in [0.25, 0.3) is 0 Å². The molecular formula is C15H15N3O. The van der Waals surface area contributed by atoms with Crippen LogP contribution in [0.3, 0.4) is 0 Å². The van der Waals surface area contributed by atoms with Gasteiger partial charge in [0.2, 0.25) is 0 Å². The van der Waals surface area contributed by atoms with Crippen molar-refractivity contribution in [3.8, 4) is 11.3 Å². The number of nitrogens with zero attached hydrogens (tertiary/aromatic N) is 3. The van der Waals surface area contributed by atoms with Crippen LogP contribution in [-0.4, -0.2) is 29.3 Å². The van der Waals surface area contributed by atoms with Crippen LogP contribution in [-0.2, 0) is 0 Å². The zero-order valence-electron chi connectivity index (χ0n) is 10.6. The van der Waals surface area contributed by atoms with Crippen molar-refractivity contribution in [2.45, 2.75) is 12.8 Å². The highest BCUT2D eigenvalue weighted by atomic mass is 16.1. The minimum atomic E-state index is 0.672. The van der Waals surface area contributed by atoms with E-state index in [1.807, 2.05) is 18.3 Å². The van der Waals surface area contributed by atoms with Gasteiger partial charge < -0.3 is 4.90 Å². The average molecular weight is 253 g/mol. The van der Waals surface area contributed by atoms with Gasteiger partial charge in [0.05, 0.1) is 18.1 Å². The van der Waals surface area contributed by atoms with Crippen LogP contribution >= 0.6 is 0 Å². The van der Waals surface area contributed by atoms with Crippen molar-refractivity contribution in [1.82, 2.24) is 9.97 Å². The van der Waals surface area contributed by atoms with Gasteiger partial charge in [-0.05, 0) is 12.8 Å². The highest BCUT2D eigenvalue weighted by Gasteiger charge is 2.13. The maximum atomic E-state index is 10.6. The lowest BCUT2D eigenvalue weighted by Crippen LogP contribution is -2.19. The molecule has 0 N–H and O–H groups in total. The van der Waals surface area contributed by atoms with E-state index in [0.717, 1.165) is 36.5 Å². The van der Waals surface area contributed by atoms with Gasteiger partial charge in [0.1, 0.15) is 12.1 Å². The Kier molecular flexibility index (Phi) is 3.23. The summed E-state index contributed by atoms with van der Waals surface area (Å²) in [5.74, 6) is 0.950. The lowest BCUT2D eigenvalue weighted by molar-refractivity contribution is 0.112. The first kappa shape index (κ1) is 11.8. The first-order valence-electron chi connectivity index (χ1n) is 6.49. The zero-order valence-corrected chi connectivity index (χ0v) is 10.6. The van der Waals surface area contributed by atoms with Gasteiger partial charge >= 0.3 is 0 Å². The Labute approximate surface area is 112 Å². The maximum Gasteiger partial charge on any atom is 0.150 e. The highest BCUT2D eigenvalue weighted by Crippen LogP contribution is 2.20. The Morgan fingerprint density at radius 3 is 2.32 bits per heavy atom. The average Bonchev–Trinajstić information content (AvgIpc) is 3.02. The molecule has 4 heteroatoms. The predicted molar refractivity (Wildman–Crippen MR) is 74.3 cm³/mol. The fraction of sp³-hybridized carbons (Fsp3) is 0.267. The van der Waals surface area contributed by atoms with Crippen molar-refractivity contribution in [2.24, 2.45) is 0 Å². The van der Waals surface area contributed by atoms with Gasteiger partial charge in [0.15, 0.2) is 0 Å². The number of carbonyl (C=O) groups is 1. The summed E-state index contributed by atoms with van der Waals surface area (Å²) in [4.78, 5) is 21.8. The van der Waals surface area contributed by atoms with Gasteiger partial charge in [0, 0.05) is 24.2 Å². The van der Waals surface area contributed by atoms with Gasteiger partial charge in [-0.15, -0.1) is 0 Å². The molecule has 0 unspecified atom stereocenters. The number of hydrogen-bond donors (Lipinski definition) is 0. The van der Waals surface area contributed by atoms with E-state index in [-0.39, 0.29) is 0 Å². The molecule has 0 radical (unpaired) electrons. The van der Waals surface area contributed by atoms with Crippen molar-refractivity contribution < 1.29 is 4.79 Å². The van der Waals surface area contributed by atoms with Crippen molar-refractivity contribution in [3.63, 3.8) is 0 Å². The molecule has 19 heavy (non-hydrogen) atoms. The second-order valence-electron chi connectivity index (χ2n) is 4.69. The van der Waals surface area contributed by atoms with E-state index in [0.29, 0.717) is 5.56 Å². The molecule has 4 nitrogen and oxygen atoms in total. The zero-order chi connectivity index (χ0) is 13.1. The number of aromatic nitrogens is 2. The van der Waals surface area contributed by atoms with Crippen LogP contribution in [0.1, 0.15) is 23.2 Å². The summed E-state index contributed by atoms with van der Waals surface area (Å²) in [5, 5.41) is 0. The Morgan fingerprint density at radius 2 is 1.74 bits per heavy atom. The molecule has 1 aliphatic heterocycles. The minimum absolute atomic E-state index is 0.672. The molecule has 1 aromatic heterocycles. The van der Waals surface area contributed by atoms with E-state index < -0.39 is 0 Å². The normalized spacial score (nSPS) is 14.6. The van der Waals surface area contributed by atoms with Gasteiger partial charge in [-0.1, -0.05) is 24.3 Å². The summed E-state index contributed by atoms with van der Waals surface area (Å²) in [6, 6.07) is 7.36. The second-order valence-corrected chi connectivity index (χ2v) is 4.69. The summed E-state index contributed by atoms with van der Waals surface area (Å²) in [6.07, 6.45) is 6.93. The first-order chi connectivity index (χ1) is 9.36. The standard InChI is InChI=1S/C15H15N3O/c19-11-12-3-5-13(6-4-12)14-9-17-15(10-16-14)18-7-1-2-8-18/h3-6,9-11H,1-2,7-8H2. The van der Waals surface area contributed by atoms with E-state index in [2.05, 4.69) is 14.9 Å². The third-order valence-corrected chi connectivity index (χ3v) is 3.41. The predicted octanol–water partition coefficient (Wildman–Crippen LogP) is 2.56. The molecule has 0 saturated carbocycles. The Balaban J connectivity index is 1.82. The number of hydrogen-bond acceptors (Lipinski definition) is 4. The molecule has 2 aromatic rings. The third-order valence-electron chi connectivity index (χ3n) is 3.41.